The van der Waals surface area contributed by atoms with Crippen LogP contribution in [0.5, 0.6) is 11.5 Å². The van der Waals surface area contributed by atoms with Gasteiger partial charge in [0.05, 0.1) is 23.7 Å². The minimum Gasteiger partial charge on any atom is -0.507 e. The van der Waals surface area contributed by atoms with Crippen LogP contribution in [0.25, 0.3) is 32.7 Å². The Bertz CT molecular complexity index is 2250. The van der Waals surface area contributed by atoms with Crippen LogP contribution in [0.3, 0.4) is 0 Å². The van der Waals surface area contributed by atoms with Gasteiger partial charge in [0, 0.05) is 23.5 Å². The molecule has 0 spiro atoms. The van der Waals surface area contributed by atoms with E-state index < -0.39 is 15.9 Å². The van der Waals surface area contributed by atoms with Crippen molar-refractivity contribution in [3.05, 3.63) is 138 Å². The van der Waals surface area contributed by atoms with Crippen molar-refractivity contribution in [1.29, 1.82) is 0 Å². The van der Waals surface area contributed by atoms with Gasteiger partial charge in [0.1, 0.15) is 11.5 Å². The smallest absolute Gasteiger partial charge is 0.272 e. The zero-order chi connectivity index (χ0) is 32.1. The van der Waals surface area contributed by atoms with Crippen LogP contribution in [0.2, 0.25) is 0 Å². The van der Waals surface area contributed by atoms with Crippen molar-refractivity contribution in [2.45, 2.75) is 5.75 Å². The molecule has 11 heteroatoms. The second-order valence-electron chi connectivity index (χ2n) is 10.4. The van der Waals surface area contributed by atoms with Crippen LogP contribution in [0, 0.1) is 0 Å². The third-order valence-electron chi connectivity index (χ3n) is 7.29. The fourth-order valence-electron chi connectivity index (χ4n) is 5.15. The minimum atomic E-state index is -3.88. The summed E-state index contributed by atoms with van der Waals surface area (Å²) in [6, 6.07) is 30.0. The molecule has 1 heterocycles. The van der Waals surface area contributed by atoms with Crippen molar-refractivity contribution >= 4 is 49.9 Å². The number of fused-ring (bicyclic) bond motifs is 2. The molecule has 1 aromatic heterocycles. The molecule has 0 atom stereocenters. The van der Waals surface area contributed by atoms with Crippen LogP contribution in [0.15, 0.2) is 126 Å². The van der Waals surface area contributed by atoms with E-state index in [9.17, 15) is 23.4 Å². The summed E-state index contributed by atoms with van der Waals surface area (Å²) in [5.41, 5.74) is 5.71. The average molecular weight is 630 g/mol. The SMILES string of the molecule is O=C(N/N=C/c1c(O)ccc2c(-c3cccc(CS(=O)(=O)N/N=C/c4c(O)ccc5ccccc45)c3)cccc12)c1cccnc1. The Labute approximate surface area is 264 Å². The van der Waals surface area contributed by atoms with Crippen molar-refractivity contribution in [1.82, 2.24) is 15.2 Å². The van der Waals surface area contributed by atoms with Gasteiger partial charge in [-0.3, -0.25) is 9.78 Å². The first-order valence-electron chi connectivity index (χ1n) is 14.1. The molecule has 0 fully saturated rings. The van der Waals surface area contributed by atoms with Crippen LogP contribution >= 0.6 is 0 Å². The maximum Gasteiger partial charge on any atom is 0.272 e. The number of benzene rings is 5. The summed E-state index contributed by atoms with van der Waals surface area (Å²) in [7, 11) is -3.88. The number of hydrazone groups is 2. The van der Waals surface area contributed by atoms with Gasteiger partial charge in [-0.25, -0.2) is 18.7 Å². The Kier molecular flexibility index (Phi) is 8.40. The molecule has 6 rings (SSSR count). The molecule has 4 N–H and O–H groups in total. The van der Waals surface area contributed by atoms with E-state index in [1.165, 1.54) is 24.7 Å². The third-order valence-corrected chi connectivity index (χ3v) is 8.39. The molecule has 46 heavy (non-hydrogen) atoms. The van der Waals surface area contributed by atoms with Crippen molar-refractivity contribution in [2.75, 3.05) is 0 Å². The van der Waals surface area contributed by atoms with Gasteiger partial charge in [0.15, 0.2) is 0 Å². The number of phenolic OH excluding ortho intramolecular Hbond substituents is 2. The molecule has 228 valence electrons. The highest BCUT2D eigenvalue weighted by atomic mass is 32.2. The summed E-state index contributed by atoms with van der Waals surface area (Å²) in [4.78, 5) is 18.5. The second kappa shape index (κ2) is 12.9. The van der Waals surface area contributed by atoms with E-state index in [1.54, 1.807) is 54.7 Å². The topological polar surface area (TPSA) is 153 Å². The molecule has 1 amide bonds. The van der Waals surface area contributed by atoms with Crippen LogP contribution in [0.1, 0.15) is 27.0 Å². The highest BCUT2D eigenvalue weighted by Gasteiger charge is 2.14. The fraction of sp³-hybridized carbons (Fsp3) is 0.0286. The first kappa shape index (κ1) is 30.0. The van der Waals surface area contributed by atoms with E-state index in [2.05, 4.69) is 25.4 Å². The number of hydrogen-bond donors (Lipinski definition) is 4. The van der Waals surface area contributed by atoms with Gasteiger partial charge in [-0.1, -0.05) is 78.9 Å². The largest absolute Gasteiger partial charge is 0.507 e. The van der Waals surface area contributed by atoms with Gasteiger partial charge in [0.2, 0.25) is 0 Å². The summed E-state index contributed by atoms with van der Waals surface area (Å²) in [6.07, 6.45) is 5.66. The van der Waals surface area contributed by atoms with Gasteiger partial charge in [-0.2, -0.15) is 10.2 Å². The van der Waals surface area contributed by atoms with Crippen molar-refractivity contribution in [2.24, 2.45) is 10.2 Å². The van der Waals surface area contributed by atoms with Crippen molar-refractivity contribution < 1.29 is 23.4 Å². The maximum atomic E-state index is 13.0. The standard InChI is InChI=1S/C35H27N5O5S/c41-33-15-13-24-7-1-2-10-27(24)31(33)21-38-40-46(44,45)22-23-6-3-8-25(18-23)28-11-4-12-29-30(28)14-16-34(42)32(29)20-37-39-35(43)26-9-5-17-36-19-26/h1-21,40-42H,22H2,(H,39,43)/b37-20+,38-21+. The molecule has 5 aromatic carbocycles. The van der Waals surface area contributed by atoms with Crippen LogP contribution in [-0.4, -0.2) is 42.0 Å². The predicted molar refractivity (Wildman–Crippen MR) is 179 cm³/mol. The summed E-state index contributed by atoms with van der Waals surface area (Å²) in [6.45, 7) is 0. The molecule has 0 aliphatic rings. The number of sulfonamides is 1. The lowest BCUT2D eigenvalue weighted by atomic mass is 9.95. The van der Waals surface area contributed by atoms with E-state index >= 15 is 0 Å². The maximum absolute atomic E-state index is 13.0. The monoisotopic (exact) mass is 629 g/mol. The number of amides is 1. The Morgan fingerprint density at radius 1 is 0.761 bits per heavy atom. The summed E-state index contributed by atoms with van der Waals surface area (Å²) >= 11 is 0. The van der Waals surface area contributed by atoms with E-state index in [4.69, 9.17) is 0 Å². The van der Waals surface area contributed by atoms with Crippen LogP contribution in [0.4, 0.5) is 0 Å². The third kappa shape index (κ3) is 6.54. The molecule has 0 saturated heterocycles. The molecule has 6 aromatic rings. The Morgan fingerprint density at radius 2 is 1.50 bits per heavy atom. The van der Waals surface area contributed by atoms with Gasteiger partial charge in [0.25, 0.3) is 15.9 Å². The average Bonchev–Trinajstić information content (AvgIpc) is 3.06. The lowest BCUT2D eigenvalue weighted by Gasteiger charge is -2.12. The Morgan fingerprint density at radius 3 is 2.33 bits per heavy atom. The normalized spacial score (nSPS) is 11.8. The second-order valence-corrected chi connectivity index (χ2v) is 12.1. The minimum absolute atomic E-state index is 0.0123. The summed E-state index contributed by atoms with van der Waals surface area (Å²) < 4.78 is 25.9. The van der Waals surface area contributed by atoms with E-state index in [1.807, 2.05) is 48.5 Å². The number of pyridine rings is 1. The first-order chi connectivity index (χ1) is 22.3. The predicted octanol–water partition coefficient (Wildman–Crippen LogP) is 5.68. The van der Waals surface area contributed by atoms with E-state index in [-0.39, 0.29) is 17.3 Å². The number of rotatable bonds is 9. The number of nitrogens with one attached hydrogen (secondary N) is 2. The fourth-order valence-corrected chi connectivity index (χ4v) is 6.04. The number of hydrogen-bond acceptors (Lipinski definition) is 8. The Balaban J connectivity index is 1.22. The molecule has 10 nitrogen and oxygen atoms in total. The molecule has 0 bridgehead atoms. The zero-order valence-corrected chi connectivity index (χ0v) is 25.0. The van der Waals surface area contributed by atoms with Crippen LogP contribution < -0.4 is 10.3 Å². The van der Waals surface area contributed by atoms with Gasteiger partial charge < -0.3 is 10.2 Å². The van der Waals surface area contributed by atoms with Gasteiger partial charge >= 0.3 is 0 Å². The van der Waals surface area contributed by atoms with Crippen molar-refractivity contribution in [3.8, 4) is 22.6 Å². The highest BCUT2D eigenvalue weighted by molar-refractivity contribution is 7.88. The highest BCUT2D eigenvalue weighted by Crippen LogP contribution is 2.34. The summed E-state index contributed by atoms with van der Waals surface area (Å²) in [5.74, 6) is -0.808. The number of carbonyl (C=O) groups is 1. The number of carbonyl (C=O) groups excluding carboxylic acids is 1. The molecule has 0 unspecified atom stereocenters. The zero-order valence-electron chi connectivity index (χ0n) is 24.2. The molecular formula is C35H27N5O5S. The molecule has 0 radical (unpaired) electrons. The van der Waals surface area contributed by atoms with Gasteiger partial charge in [-0.05, 0) is 62.5 Å². The molecule has 0 aliphatic carbocycles. The number of phenols is 2. The van der Waals surface area contributed by atoms with Crippen molar-refractivity contribution in [3.63, 3.8) is 0 Å². The number of aromatic nitrogens is 1. The molecule has 0 aliphatic heterocycles. The quantitative estimate of drug-likeness (QED) is 0.119. The number of aromatic hydroxyl groups is 2. The lowest BCUT2D eigenvalue weighted by Crippen LogP contribution is -2.20. The van der Waals surface area contributed by atoms with E-state index in [0.29, 0.717) is 27.6 Å². The van der Waals surface area contributed by atoms with E-state index in [0.717, 1.165) is 27.3 Å². The first-order valence-corrected chi connectivity index (χ1v) is 15.7. The lowest BCUT2D eigenvalue weighted by molar-refractivity contribution is 0.0954. The van der Waals surface area contributed by atoms with Gasteiger partial charge in [-0.15, -0.1) is 0 Å². The Hall–Kier alpha value is -6.07. The number of nitrogens with zero attached hydrogens (tertiary/aromatic N) is 3. The summed E-state index contributed by atoms with van der Waals surface area (Å²) in [5, 5.41) is 32.0. The van der Waals surface area contributed by atoms with Crippen LogP contribution in [-0.2, 0) is 15.8 Å². The molecule has 0 saturated carbocycles. The molecular weight excluding hydrogens is 602 g/mol.